The zero-order chi connectivity index (χ0) is 18.1. The number of amides is 1. The molecule has 4 rings (SSSR count). The van der Waals surface area contributed by atoms with Crippen molar-refractivity contribution in [2.45, 2.75) is 19.8 Å². The number of para-hydroxylation sites is 1. The number of likely N-dealkylation sites (tertiary alicyclic amines) is 1. The molecule has 1 amide bonds. The van der Waals surface area contributed by atoms with Crippen LogP contribution in [0.25, 0.3) is 11.0 Å². The molecule has 0 atom stereocenters. The van der Waals surface area contributed by atoms with E-state index in [4.69, 9.17) is 4.42 Å². The molecule has 0 unspecified atom stereocenters. The number of nitrogens with zero attached hydrogens (tertiary/aromatic N) is 2. The van der Waals surface area contributed by atoms with E-state index in [9.17, 15) is 9.59 Å². The first-order valence-electron chi connectivity index (χ1n) is 8.87. The lowest BCUT2D eigenvalue weighted by atomic mass is 9.89. The zero-order valence-corrected chi connectivity index (χ0v) is 14.6. The number of hydrogen-bond donors (Lipinski definition) is 0. The van der Waals surface area contributed by atoms with Gasteiger partial charge in [0.2, 0.25) is 0 Å². The Morgan fingerprint density at radius 3 is 2.58 bits per heavy atom. The van der Waals surface area contributed by atoms with Crippen LogP contribution in [0, 0.1) is 12.8 Å². The number of fused-ring (bicyclic) bond motifs is 1. The number of aromatic nitrogens is 1. The van der Waals surface area contributed by atoms with Crippen molar-refractivity contribution in [1.29, 1.82) is 0 Å². The Labute approximate surface area is 151 Å². The summed E-state index contributed by atoms with van der Waals surface area (Å²) in [6, 6.07) is 11.2. The average molecular weight is 348 g/mol. The number of ketones is 1. The van der Waals surface area contributed by atoms with Crippen molar-refractivity contribution in [2.75, 3.05) is 13.1 Å². The van der Waals surface area contributed by atoms with Gasteiger partial charge in [-0.2, -0.15) is 0 Å². The molecule has 132 valence electrons. The molecular weight excluding hydrogens is 328 g/mol. The number of rotatable bonds is 3. The van der Waals surface area contributed by atoms with Crippen molar-refractivity contribution >= 4 is 22.7 Å². The fourth-order valence-electron chi connectivity index (χ4n) is 3.61. The predicted octanol–water partition coefficient (Wildman–Crippen LogP) is 3.87. The van der Waals surface area contributed by atoms with Crippen LogP contribution >= 0.6 is 0 Å². The van der Waals surface area contributed by atoms with Crippen molar-refractivity contribution in [3.63, 3.8) is 0 Å². The number of Topliss-reactive ketones (excluding diaryl/α,β-unsaturated/α-hetero) is 1. The molecule has 3 aromatic rings. The summed E-state index contributed by atoms with van der Waals surface area (Å²) in [5, 5.41) is 0.970. The maximum absolute atomic E-state index is 12.9. The second kappa shape index (κ2) is 6.75. The monoisotopic (exact) mass is 348 g/mol. The van der Waals surface area contributed by atoms with Crippen LogP contribution in [-0.2, 0) is 0 Å². The SMILES string of the molecule is Cc1c(C(=O)N2CCC(C(=O)c3cccnc3)CC2)oc2ccccc12. The van der Waals surface area contributed by atoms with Gasteiger partial charge < -0.3 is 9.32 Å². The Morgan fingerprint density at radius 1 is 1.12 bits per heavy atom. The van der Waals surface area contributed by atoms with Gasteiger partial charge in [0.1, 0.15) is 5.58 Å². The number of pyridine rings is 1. The van der Waals surface area contributed by atoms with Crippen LogP contribution < -0.4 is 0 Å². The van der Waals surface area contributed by atoms with Crippen LogP contribution in [0.4, 0.5) is 0 Å². The van der Waals surface area contributed by atoms with Gasteiger partial charge in [0.05, 0.1) is 0 Å². The van der Waals surface area contributed by atoms with E-state index in [1.165, 1.54) is 0 Å². The number of carbonyl (C=O) groups excluding carboxylic acids is 2. The van der Waals surface area contributed by atoms with Gasteiger partial charge in [-0.3, -0.25) is 14.6 Å². The van der Waals surface area contributed by atoms with Crippen molar-refractivity contribution in [3.05, 3.63) is 65.7 Å². The number of hydrogen-bond acceptors (Lipinski definition) is 4. The summed E-state index contributed by atoms with van der Waals surface area (Å²) in [5.41, 5.74) is 2.25. The summed E-state index contributed by atoms with van der Waals surface area (Å²) in [6.07, 6.45) is 4.60. The van der Waals surface area contributed by atoms with Gasteiger partial charge in [-0.1, -0.05) is 18.2 Å². The minimum absolute atomic E-state index is 0.0555. The van der Waals surface area contributed by atoms with E-state index >= 15 is 0 Å². The smallest absolute Gasteiger partial charge is 0.289 e. The maximum atomic E-state index is 12.9. The molecule has 1 aliphatic heterocycles. The summed E-state index contributed by atoms with van der Waals surface area (Å²) in [5.74, 6) is 0.374. The van der Waals surface area contributed by atoms with Gasteiger partial charge in [-0.15, -0.1) is 0 Å². The van der Waals surface area contributed by atoms with Crippen LogP contribution in [0.15, 0.2) is 53.2 Å². The molecule has 0 spiro atoms. The van der Waals surface area contributed by atoms with Gasteiger partial charge in [0, 0.05) is 47.9 Å². The van der Waals surface area contributed by atoms with Gasteiger partial charge >= 0.3 is 0 Å². The second-order valence-electron chi connectivity index (χ2n) is 6.72. The van der Waals surface area contributed by atoms with Crippen LogP contribution in [0.1, 0.15) is 39.3 Å². The molecule has 5 nitrogen and oxygen atoms in total. The normalized spacial score (nSPS) is 15.3. The van der Waals surface area contributed by atoms with E-state index < -0.39 is 0 Å². The molecule has 0 N–H and O–H groups in total. The minimum atomic E-state index is -0.0917. The highest BCUT2D eigenvalue weighted by Gasteiger charge is 2.30. The lowest BCUT2D eigenvalue weighted by molar-refractivity contribution is 0.0625. The molecule has 0 saturated carbocycles. The number of furan rings is 1. The highest BCUT2D eigenvalue weighted by Crippen LogP contribution is 2.28. The van der Waals surface area contributed by atoms with Crippen LogP contribution in [-0.4, -0.2) is 34.7 Å². The van der Waals surface area contributed by atoms with Crippen LogP contribution in [0.3, 0.4) is 0 Å². The highest BCUT2D eigenvalue weighted by atomic mass is 16.3. The van der Waals surface area contributed by atoms with Gasteiger partial charge in [0.15, 0.2) is 11.5 Å². The van der Waals surface area contributed by atoms with Crippen molar-refractivity contribution < 1.29 is 14.0 Å². The quantitative estimate of drug-likeness (QED) is 0.674. The Kier molecular flexibility index (Phi) is 4.29. The molecule has 3 heterocycles. The first-order chi connectivity index (χ1) is 12.6. The van der Waals surface area contributed by atoms with E-state index in [2.05, 4.69) is 4.98 Å². The fourth-order valence-corrected chi connectivity index (χ4v) is 3.61. The molecule has 0 radical (unpaired) electrons. The summed E-state index contributed by atoms with van der Waals surface area (Å²) in [7, 11) is 0. The Hall–Kier alpha value is -2.95. The van der Waals surface area contributed by atoms with E-state index in [0.29, 0.717) is 37.3 Å². The lowest BCUT2D eigenvalue weighted by Gasteiger charge is -2.30. The second-order valence-corrected chi connectivity index (χ2v) is 6.72. The third-order valence-electron chi connectivity index (χ3n) is 5.14. The molecular formula is C21H20N2O3. The molecule has 1 fully saturated rings. The van der Waals surface area contributed by atoms with E-state index in [-0.39, 0.29) is 17.6 Å². The summed E-state index contributed by atoms with van der Waals surface area (Å²) in [4.78, 5) is 31.2. The summed E-state index contributed by atoms with van der Waals surface area (Å²) < 4.78 is 5.79. The molecule has 5 heteroatoms. The molecule has 1 saturated heterocycles. The van der Waals surface area contributed by atoms with Gasteiger partial charge in [-0.25, -0.2) is 0 Å². The van der Waals surface area contributed by atoms with Crippen LogP contribution in [0.2, 0.25) is 0 Å². The van der Waals surface area contributed by atoms with Gasteiger partial charge in [-0.05, 0) is 38.0 Å². The minimum Gasteiger partial charge on any atom is -0.451 e. The first-order valence-corrected chi connectivity index (χ1v) is 8.87. The predicted molar refractivity (Wildman–Crippen MR) is 98.1 cm³/mol. The van der Waals surface area contributed by atoms with E-state index in [1.54, 1.807) is 29.4 Å². The van der Waals surface area contributed by atoms with Crippen molar-refractivity contribution in [2.24, 2.45) is 5.92 Å². The Bertz CT molecular complexity index is 954. The molecule has 2 aromatic heterocycles. The molecule has 0 bridgehead atoms. The Balaban J connectivity index is 1.46. The number of benzene rings is 1. The third kappa shape index (κ3) is 2.90. The third-order valence-corrected chi connectivity index (χ3v) is 5.14. The van der Waals surface area contributed by atoms with Crippen LogP contribution in [0.5, 0.6) is 0 Å². The number of piperidine rings is 1. The topological polar surface area (TPSA) is 63.4 Å². The van der Waals surface area contributed by atoms with Crippen molar-refractivity contribution in [3.8, 4) is 0 Å². The maximum Gasteiger partial charge on any atom is 0.289 e. The fraction of sp³-hybridized carbons (Fsp3) is 0.286. The number of carbonyl (C=O) groups is 2. The largest absolute Gasteiger partial charge is 0.451 e. The zero-order valence-electron chi connectivity index (χ0n) is 14.6. The standard InChI is InChI=1S/C21H20N2O3/c1-14-17-6-2-3-7-18(17)26-20(14)21(25)23-11-8-15(9-12-23)19(24)16-5-4-10-22-13-16/h2-7,10,13,15H,8-9,11-12H2,1H3. The molecule has 1 aliphatic rings. The lowest BCUT2D eigenvalue weighted by Crippen LogP contribution is -2.40. The van der Waals surface area contributed by atoms with E-state index in [0.717, 1.165) is 16.5 Å². The molecule has 26 heavy (non-hydrogen) atoms. The summed E-state index contributed by atoms with van der Waals surface area (Å²) in [6.45, 7) is 3.04. The van der Waals surface area contributed by atoms with Crippen molar-refractivity contribution in [1.82, 2.24) is 9.88 Å². The number of aryl methyl sites for hydroxylation is 1. The highest BCUT2D eigenvalue weighted by molar-refractivity contribution is 6.00. The van der Waals surface area contributed by atoms with E-state index in [1.807, 2.05) is 31.2 Å². The molecule has 1 aromatic carbocycles. The summed E-state index contributed by atoms with van der Waals surface area (Å²) >= 11 is 0. The molecule has 0 aliphatic carbocycles. The first kappa shape index (κ1) is 16.5. The van der Waals surface area contributed by atoms with Gasteiger partial charge in [0.25, 0.3) is 5.91 Å². The average Bonchev–Trinajstić information content (AvgIpc) is 3.04. The Morgan fingerprint density at radius 2 is 1.88 bits per heavy atom.